The average molecular weight is 1420 g/mol. The van der Waals surface area contributed by atoms with Crippen LogP contribution in [0.1, 0.15) is 438 Å². The number of hydrogen-bond donors (Lipinski definition) is 9. The summed E-state index contributed by atoms with van der Waals surface area (Å²) in [5, 5.41) is 88.0. The molecule has 2 saturated heterocycles. The van der Waals surface area contributed by atoms with Crippen molar-refractivity contribution in [3.8, 4) is 0 Å². The molecule has 0 saturated carbocycles. The van der Waals surface area contributed by atoms with E-state index in [2.05, 4.69) is 31.3 Å². The third-order valence-corrected chi connectivity index (χ3v) is 22.0. The molecule has 2 fully saturated rings. The van der Waals surface area contributed by atoms with Crippen LogP contribution in [0.5, 0.6) is 0 Å². The largest absolute Gasteiger partial charge is 0.394 e. The van der Waals surface area contributed by atoms with Crippen molar-refractivity contribution in [2.75, 3.05) is 19.8 Å². The van der Waals surface area contributed by atoms with E-state index in [-0.39, 0.29) is 12.5 Å². The van der Waals surface area contributed by atoms with Gasteiger partial charge in [-0.05, 0) is 38.5 Å². The first-order valence-corrected chi connectivity index (χ1v) is 43.9. The summed E-state index contributed by atoms with van der Waals surface area (Å²) in [6, 6.07) is -0.827. The van der Waals surface area contributed by atoms with Crippen molar-refractivity contribution < 1.29 is 64.6 Å². The third-order valence-electron chi connectivity index (χ3n) is 22.0. The number of carbonyl (C=O) groups excluding carboxylic acids is 1. The average Bonchev–Trinajstić information content (AvgIpc) is 0.790. The first-order chi connectivity index (χ1) is 49.1. The Bertz CT molecular complexity index is 1730. The molecular weight excluding hydrogens is 1250 g/mol. The lowest BCUT2D eigenvalue weighted by Crippen LogP contribution is -2.65. The van der Waals surface area contributed by atoms with E-state index in [1.54, 1.807) is 0 Å². The third kappa shape index (κ3) is 52.7. The molecule has 0 aromatic rings. The van der Waals surface area contributed by atoms with E-state index in [1.807, 2.05) is 0 Å². The summed E-state index contributed by atoms with van der Waals surface area (Å²) in [5.41, 5.74) is 0. The van der Waals surface area contributed by atoms with Crippen LogP contribution in [0, 0.1) is 0 Å². The van der Waals surface area contributed by atoms with Gasteiger partial charge in [-0.3, -0.25) is 4.79 Å². The molecule has 0 aromatic carbocycles. The lowest BCUT2D eigenvalue weighted by Gasteiger charge is -2.46. The smallest absolute Gasteiger partial charge is 0.220 e. The van der Waals surface area contributed by atoms with Crippen molar-refractivity contribution in [3.05, 3.63) is 12.2 Å². The van der Waals surface area contributed by atoms with Gasteiger partial charge in [0.05, 0.1) is 32.0 Å². The lowest BCUT2D eigenvalue weighted by molar-refractivity contribution is -0.359. The maximum atomic E-state index is 13.4. The Morgan fingerprint density at radius 1 is 0.350 bits per heavy atom. The minimum atomic E-state index is -1.78. The molecule has 12 atom stereocenters. The molecule has 14 nitrogen and oxygen atoms in total. The number of carbonyl (C=O) groups is 1. The summed E-state index contributed by atoms with van der Waals surface area (Å²) in [7, 11) is 0. The van der Waals surface area contributed by atoms with Gasteiger partial charge >= 0.3 is 0 Å². The first kappa shape index (κ1) is 94.8. The first-order valence-electron chi connectivity index (χ1n) is 43.9. The number of nitrogens with one attached hydrogen (secondary N) is 1. The predicted octanol–water partition coefficient (Wildman–Crippen LogP) is 20.8. The molecular formula is C86H167NO13. The molecule has 0 aliphatic carbocycles. The van der Waals surface area contributed by atoms with E-state index < -0.39 is 86.8 Å². The van der Waals surface area contributed by atoms with Crippen molar-refractivity contribution >= 4 is 5.91 Å². The van der Waals surface area contributed by atoms with Crippen molar-refractivity contribution in [1.29, 1.82) is 0 Å². The summed E-state index contributed by atoms with van der Waals surface area (Å²) < 4.78 is 23.0. The highest BCUT2D eigenvalue weighted by Gasteiger charge is 2.51. The number of allylic oxidation sites excluding steroid dienone is 2. The molecule has 0 aromatic heterocycles. The number of aliphatic hydroxyl groups is 8. The molecule has 2 rings (SSSR count). The van der Waals surface area contributed by atoms with E-state index in [9.17, 15) is 45.6 Å². The normalized spacial score (nSPS) is 21.8. The van der Waals surface area contributed by atoms with Crippen LogP contribution in [-0.2, 0) is 23.7 Å². The number of hydrogen-bond acceptors (Lipinski definition) is 13. The molecule has 2 aliphatic rings. The SMILES string of the molecule is CCCCCCCCCC/C=C\CCCCCCCCCCCCCCCCCCCCCCCCCC(=O)NC(COC1OC(CO)C(OC2OC(CO)C(O)C(O)C2O)C(O)C1O)C(O)CCCCCCCCCCCCCCCCCCCCCCCCCCCCCCCCC. The number of aliphatic hydroxyl groups excluding tert-OH is 8. The standard InChI is InChI=1S/C86H167NO13/c1-3-5-7-9-11-13-15-17-19-21-23-25-27-29-31-33-35-36-37-38-40-42-44-46-48-50-52-54-56-58-60-62-64-66-68-70-78(91)87-74(73-97-85-83(96)81(94)84(77(72-89)99-85)100-86-82(95)80(93)79(92)76(71-88)98-86)75(90)69-67-65-63-61-59-57-55-53-51-49-47-45-43-41-39-34-32-30-28-26-24-22-20-18-16-14-12-10-8-6-4-2/h21,23,74-77,79-86,88-90,92-96H,3-20,22,24-73H2,1-2H3,(H,87,91)/b23-21-. The molecule has 100 heavy (non-hydrogen) atoms. The summed E-state index contributed by atoms with van der Waals surface area (Å²) >= 11 is 0. The monoisotopic (exact) mass is 1420 g/mol. The molecule has 0 radical (unpaired) electrons. The molecule has 1 amide bonds. The fourth-order valence-electron chi connectivity index (χ4n) is 15.1. The van der Waals surface area contributed by atoms with Gasteiger partial charge in [0, 0.05) is 6.42 Å². The van der Waals surface area contributed by atoms with E-state index in [1.165, 1.54) is 360 Å². The van der Waals surface area contributed by atoms with Gasteiger partial charge in [-0.1, -0.05) is 405 Å². The molecule has 2 aliphatic heterocycles. The van der Waals surface area contributed by atoms with Crippen LogP contribution in [0.3, 0.4) is 0 Å². The van der Waals surface area contributed by atoms with E-state index in [0.29, 0.717) is 12.8 Å². The van der Waals surface area contributed by atoms with Crippen LogP contribution in [0.15, 0.2) is 12.2 Å². The van der Waals surface area contributed by atoms with Gasteiger partial charge in [-0.15, -0.1) is 0 Å². The quantitative estimate of drug-likeness (QED) is 0.0204. The summed E-state index contributed by atoms with van der Waals surface area (Å²) in [4.78, 5) is 13.4. The number of unbranched alkanes of at least 4 members (excludes halogenated alkanes) is 61. The second kappa shape index (κ2) is 70.7. The summed E-state index contributed by atoms with van der Waals surface area (Å²) in [6.45, 7) is 2.95. The molecule has 0 bridgehead atoms. The van der Waals surface area contributed by atoms with Gasteiger partial charge < -0.3 is 65.1 Å². The maximum Gasteiger partial charge on any atom is 0.220 e. The zero-order valence-corrected chi connectivity index (χ0v) is 65.5. The van der Waals surface area contributed by atoms with Gasteiger partial charge in [0.2, 0.25) is 5.91 Å². The Morgan fingerprint density at radius 3 is 0.950 bits per heavy atom. The van der Waals surface area contributed by atoms with E-state index in [4.69, 9.17) is 18.9 Å². The highest BCUT2D eigenvalue weighted by Crippen LogP contribution is 2.31. The Morgan fingerprint density at radius 2 is 0.630 bits per heavy atom. The Hall–Kier alpha value is -1.27. The number of ether oxygens (including phenoxy) is 4. The van der Waals surface area contributed by atoms with Gasteiger partial charge in [-0.2, -0.15) is 0 Å². The Labute approximate surface area is 616 Å². The van der Waals surface area contributed by atoms with Crippen LogP contribution < -0.4 is 5.32 Å². The Balaban J connectivity index is 1.56. The van der Waals surface area contributed by atoms with Crippen LogP contribution in [0.4, 0.5) is 0 Å². The maximum absolute atomic E-state index is 13.4. The van der Waals surface area contributed by atoms with Gasteiger partial charge in [0.25, 0.3) is 0 Å². The molecule has 9 N–H and O–H groups in total. The fourth-order valence-corrected chi connectivity index (χ4v) is 15.1. The molecule has 14 heteroatoms. The number of amides is 1. The van der Waals surface area contributed by atoms with Crippen LogP contribution >= 0.6 is 0 Å². The second-order valence-corrected chi connectivity index (χ2v) is 31.4. The van der Waals surface area contributed by atoms with Gasteiger partial charge in [0.1, 0.15) is 48.8 Å². The highest BCUT2D eigenvalue weighted by molar-refractivity contribution is 5.76. The van der Waals surface area contributed by atoms with Crippen molar-refractivity contribution in [2.45, 2.75) is 511 Å². The van der Waals surface area contributed by atoms with Crippen LogP contribution in [-0.4, -0.2) is 140 Å². The summed E-state index contributed by atoms with van der Waals surface area (Å²) in [5.74, 6) is -0.195. The second-order valence-electron chi connectivity index (χ2n) is 31.4. The Kier molecular flexibility index (Phi) is 67.0. The van der Waals surface area contributed by atoms with Crippen molar-refractivity contribution in [2.24, 2.45) is 0 Å². The van der Waals surface area contributed by atoms with Gasteiger partial charge in [0.15, 0.2) is 12.6 Å². The minimum Gasteiger partial charge on any atom is -0.394 e. The van der Waals surface area contributed by atoms with E-state index in [0.717, 1.165) is 51.4 Å². The van der Waals surface area contributed by atoms with Crippen molar-refractivity contribution in [3.63, 3.8) is 0 Å². The van der Waals surface area contributed by atoms with Crippen LogP contribution in [0.25, 0.3) is 0 Å². The van der Waals surface area contributed by atoms with Crippen LogP contribution in [0.2, 0.25) is 0 Å². The predicted molar refractivity (Wildman–Crippen MR) is 416 cm³/mol. The molecule has 594 valence electrons. The van der Waals surface area contributed by atoms with Crippen molar-refractivity contribution in [1.82, 2.24) is 5.32 Å². The minimum absolute atomic E-state index is 0.195. The fraction of sp³-hybridized carbons (Fsp3) is 0.965. The molecule has 0 spiro atoms. The summed E-state index contributed by atoms with van der Waals surface area (Å²) in [6.07, 6.45) is 74.3. The lowest BCUT2D eigenvalue weighted by atomic mass is 9.97. The topological polar surface area (TPSA) is 228 Å². The van der Waals surface area contributed by atoms with Gasteiger partial charge in [-0.25, -0.2) is 0 Å². The number of rotatable bonds is 76. The zero-order valence-electron chi connectivity index (χ0n) is 65.5. The zero-order chi connectivity index (χ0) is 72.2. The highest BCUT2D eigenvalue weighted by atomic mass is 16.7. The molecule has 12 unspecified atom stereocenters. The molecule has 2 heterocycles. The van der Waals surface area contributed by atoms with E-state index >= 15 is 0 Å².